The van der Waals surface area contributed by atoms with Crippen molar-refractivity contribution in [1.82, 2.24) is 4.90 Å². The normalized spacial score (nSPS) is 12.9. The highest BCUT2D eigenvalue weighted by molar-refractivity contribution is 5.97. The lowest BCUT2D eigenvalue weighted by molar-refractivity contribution is -0.125. The van der Waals surface area contributed by atoms with E-state index in [4.69, 9.17) is 4.74 Å². The molecule has 2 N–H and O–H groups in total. The largest absolute Gasteiger partial charge is 0.445 e. The van der Waals surface area contributed by atoms with Crippen LogP contribution in [0.3, 0.4) is 0 Å². The Labute approximate surface area is 159 Å². The van der Waals surface area contributed by atoms with Gasteiger partial charge in [0, 0.05) is 12.7 Å². The number of nitrogens with zero attached hydrogens (tertiary/aromatic N) is 1. The zero-order valence-electron chi connectivity index (χ0n) is 15.8. The maximum absolute atomic E-state index is 12.8. The monoisotopic (exact) mass is 370 g/mol. The van der Waals surface area contributed by atoms with Gasteiger partial charge in [0.05, 0.1) is 6.10 Å². The van der Waals surface area contributed by atoms with Gasteiger partial charge in [-0.2, -0.15) is 0 Å². The molecule has 0 radical (unpaired) electrons. The lowest BCUT2D eigenvalue weighted by atomic mass is 9.98. The fourth-order valence-corrected chi connectivity index (χ4v) is 2.60. The number of nitrogens with one attached hydrogen (secondary N) is 1. The lowest BCUT2D eigenvalue weighted by Crippen LogP contribution is -2.53. The fourth-order valence-electron chi connectivity index (χ4n) is 2.60. The standard InChI is InChI=1S/C21H26N2O4/c1-15(2)19(24)18(20(25)22-17-12-8-5-9-13-17)23(3)21(26)27-14-16-10-6-4-7-11-16/h4-13,15,18-19,24H,14H2,1-3H3,(H,22,25)/t18-,19+/m1/s1. The number of amides is 2. The third-order valence-electron chi connectivity index (χ3n) is 4.23. The quantitative estimate of drug-likeness (QED) is 0.784. The van der Waals surface area contributed by atoms with E-state index in [9.17, 15) is 14.7 Å². The number of hydrogen-bond donors (Lipinski definition) is 2. The van der Waals surface area contributed by atoms with Crippen LogP contribution in [0.2, 0.25) is 0 Å². The number of ether oxygens (including phenoxy) is 1. The van der Waals surface area contributed by atoms with Gasteiger partial charge in [-0.25, -0.2) is 4.79 Å². The Morgan fingerprint density at radius 1 is 1.04 bits per heavy atom. The molecule has 0 fully saturated rings. The van der Waals surface area contributed by atoms with Gasteiger partial charge in [0.25, 0.3) is 0 Å². The van der Waals surface area contributed by atoms with Crippen molar-refractivity contribution < 1.29 is 19.4 Å². The predicted octanol–water partition coefficient (Wildman–Crippen LogP) is 3.28. The molecule has 0 aliphatic heterocycles. The van der Waals surface area contributed by atoms with E-state index in [1.165, 1.54) is 7.05 Å². The maximum Gasteiger partial charge on any atom is 0.410 e. The van der Waals surface area contributed by atoms with Crippen molar-refractivity contribution in [3.05, 3.63) is 66.2 Å². The molecule has 144 valence electrons. The SMILES string of the molecule is CC(C)[C@H](O)[C@H](C(=O)Nc1ccccc1)N(C)C(=O)OCc1ccccc1. The smallest absolute Gasteiger partial charge is 0.410 e. The molecule has 2 aromatic rings. The van der Waals surface area contributed by atoms with E-state index in [0.29, 0.717) is 5.69 Å². The van der Waals surface area contributed by atoms with Crippen molar-refractivity contribution in [3.8, 4) is 0 Å². The number of aliphatic hydroxyl groups is 1. The number of carbonyl (C=O) groups is 2. The fraction of sp³-hybridized carbons (Fsp3) is 0.333. The summed E-state index contributed by atoms with van der Waals surface area (Å²) in [6.45, 7) is 3.67. The third-order valence-corrected chi connectivity index (χ3v) is 4.23. The second-order valence-electron chi connectivity index (χ2n) is 6.69. The minimum atomic E-state index is -1.08. The van der Waals surface area contributed by atoms with Gasteiger partial charge in [0.15, 0.2) is 0 Å². The maximum atomic E-state index is 12.8. The summed E-state index contributed by atoms with van der Waals surface area (Å²) < 4.78 is 5.30. The van der Waals surface area contributed by atoms with Gasteiger partial charge in [0.1, 0.15) is 12.6 Å². The first-order valence-electron chi connectivity index (χ1n) is 8.87. The summed E-state index contributed by atoms with van der Waals surface area (Å²) >= 11 is 0. The van der Waals surface area contributed by atoms with Crippen LogP contribution in [-0.4, -0.2) is 41.2 Å². The predicted molar refractivity (Wildman–Crippen MR) is 104 cm³/mol. The summed E-state index contributed by atoms with van der Waals surface area (Å²) in [5.74, 6) is -0.692. The van der Waals surface area contributed by atoms with Crippen LogP contribution in [-0.2, 0) is 16.1 Å². The summed E-state index contributed by atoms with van der Waals surface area (Å²) in [5.41, 5.74) is 1.43. The third kappa shape index (κ3) is 5.82. The van der Waals surface area contributed by atoms with Crippen molar-refractivity contribution in [2.45, 2.75) is 32.6 Å². The number of hydrogen-bond acceptors (Lipinski definition) is 4. The zero-order chi connectivity index (χ0) is 19.8. The van der Waals surface area contributed by atoms with Gasteiger partial charge in [-0.15, -0.1) is 0 Å². The summed E-state index contributed by atoms with van der Waals surface area (Å²) in [5, 5.41) is 13.3. The molecule has 6 nitrogen and oxygen atoms in total. The van der Waals surface area contributed by atoms with Crippen molar-refractivity contribution in [2.75, 3.05) is 12.4 Å². The molecule has 0 saturated heterocycles. The number of benzene rings is 2. The molecule has 0 aliphatic rings. The van der Waals surface area contributed by atoms with Gasteiger partial charge < -0.3 is 15.2 Å². The van der Waals surface area contributed by atoms with Crippen LogP contribution in [0.4, 0.5) is 10.5 Å². The summed E-state index contributed by atoms with van der Waals surface area (Å²) in [6.07, 6.45) is -1.71. The molecule has 2 aromatic carbocycles. The van der Waals surface area contributed by atoms with Crippen LogP contribution < -0.4 is 5.32 Å². The number of carbonyl (C=O) groups excluding carboxylic acids is 2. The van der Waals surface area contributed by atoms with Crippen LogP contribution in [0.1, 0.15) is 19.4 Å². The molecule has 0 spiro atoms. The Bertz CT molecular complexity index is 734. The first-order chi connectivity index (χ1) is 12.9. The number of anilines is 1. The summed E-state index contributed by atoms with van der Waals surface area (Å²) in [6, 6.07) is 17.1. The van der Waals surface area contributed by atoms with Crippen molar-refractivity contribution in [1.29, 1.82) is 0 Å². The van der Waals surface area contributed by atoms with E-state index in [2.05, 4.69) is 5.32 Å². The molecular weight excluding hydrogens is 344 g/mol. The van der Waals surface area contributed by atoms with E-state index in [1.807, 2.05) is 36.4 Å². The van der Waals surface area contributed by atoms with E-state index in [0.717, 1.165) is 10.5 Å². The van der Waals surface area contributed by atoms with Crippen molar-refractivity contribution >= 4 is 17.7 Å². The van der Waals surface area contributed by atoms with Crippen molar-refractivity contribution in [3.63, 3.8) is 0 Å². The molecule has 27 heavy (non-hydrogen) atoms. The summed E-state index contributed by atoms with van der Waals surface area (Å²) in [4.78, 5) is 26.4. The molecule has 2 amide bonds. The van der Waals surface area contributed by atoms with Gasteiger partial charge in [-0.3, -0.25) is 9.69 Å². The molecular formula is C21H26N2O4. The topological polar surface area (TPSA) is 78.9 Å². The van der Waals surface area contributed by atoms with E-state index >= 15 is 0 Å². The number of para-hydroxylation sites is 1. The summed E-state index contributed by atoms with van der Waals surface area (Å²) in [7, 11) is 1.45. The number of likely N-dealkylation sites (N-methyl/N-ethyl adjacent to an activating group) is 1. The second kappa shape index (κ2) is 9.73. The second-order valence-corrected chi connectivity index (χ2v) is 6.69. The zero-order valence-corrected chi connectivity index (χ0v) is 15.8. The minimum Gasteiger partial charge on any atom is -0.445 e. The molecule has 0 heterocycles. The molecule has 0 aliphatic carbocycles. The van der Waals surface area contributed by atoms with Crippen LogP contribution in [0.15, 0.2) is 60.7 Å². The Hall–Kier alpha value is -2.86. The van der Waals surface area contributed by atoms with Crippen LogP contribution in [0.5, 0.6) is 0 Å². The van der Waals surface area contributed by atoms with E-state index in [-0.39, 0.29) is 12.5 Å². The Balaban J connectivity index is 2.09. The van der Waals surface area contributed by atoms with Gasteiger partial charge in [0.2, 0.25) is 5.91 Å². The number of rotatable bonds is 7. The van der Waals surface area contributed by atoms with Crippen LogP contribution in [0, 0.1) is 5.92 Å². The highest BCUT2D eigenvalue weighted by Gasteiger charge is 2.36. The van der Waals surface area contributed by atoms with Gasteiger partial charge in [-0.05, 0) is 23.6 Å². The van der Waals surface area contributed by atoms with Gasteiger partial charge >= 0.3 is 6.09 Å². The molecule has 0 aromatic heterocycles. The highest BCUT2D eigenvalue weighted by atomic mass is 16.6. The van der Waals surface area contributed by atoms with Gasteiger partial charge in [-0.1, -0.05) is 62.4 Å². The molecule has 0 unspecified atom stereocenters. The molecule has 6 heteroatoms. The Morgan fingerprint density at radius 2 is 1.59 bits per heavy atom. The highest BCUT2D eigenvalue weighted by Crippen LogP contribution is 2.16. The molecule has 2 rings (SSSR count). The van der Waals surface area contributed by atoms with Crippen LogP contribution >= 0.6 is 0 Å². The minimum absolute atomic E-state index is 0.0921. The van der Waals surface area contributed by atoms with Crippen LogP contribution in [0.25, 0.3) is 0 Å². The Morgan fingerprint density at radius 3 is 2.15 bits per heavy atom. The molecule has 0 saturated carbocycles. The molecule has 0 bridgehead atoms. The number of aliphatic hydroxyl groups excluding tert-OH is 1. The first-order valence-corrected chi connectivity index (χ1v) is 8.87. The van der Waals surface area contributed by atoms with E-state index in [1.54, 1.807) is 38.1 Å². The van der Waals surface area contributed by atoms with Crippen molar-refractivity contribution in [2.24, 2.45) is 5.92 Å². The average molecular weight is 370 g/mol. The molecule has 2 atom stereocenters. The first kappa shape index (κ1) is 20.5. The average Bonchev–Trinajstić information content (AvgIpc) is 2.67. The lowest BCUT2D eigenvalue weighted by Gasteiger charge is -2.32. The van der Waals surface area contributed by atoms with E-state index < -0.39 is 24.1 Å². The Kier molecular flexibility index (Phi) is 7.37.